The normalized spacial score (nSPS) is 10.3. The zero-order valence-corrected chi connectivity index (χ0v) is 14.8. The summed E-state index contributed by atoms with van der Waals surface area (Å²) in [6, 6.07) is 13.1. The molecule has 0 aliphatic carbocycles. The Hall–Kier alpha value is -0.880. The fourth-order valence-electron chi connectivity index (χ4n) is 1.81. The molecule has 2 nitrogen and oxygen atoms in total. The van der Waals surface area contributed by atoms with Crippen LogP contribution in [0.2, 0.25) is 0 Å². The number of carbonyl (C=O) groups is 1. The molecule has 2 aromatic rings. The summed E-state index contributed by atoms with van der Waals surface area (Å²) in [7, 11) is 0. The fraction of sp³-hybridized carbons (Fsp3) is 0.188. The Morgan fingerprint density at radius 2 is 1.95 bits per heavy atom. The number of hydrogen-bond acceptors (Lipinski definition) is 2. The van der Waals surface area contributed by atoms with E-state index >= 15 is 0 Å². The molecule has 0 aliphatic heterocycles. The summed E-state index contributed by atoms with van der Waals surface area (Å²) in [4.78, 5) is 12.7. The van der Waals surface area contributed by atoms with E-state index in [4.69, 9.17) is 4.74 Å². The highest BCUT2D eigenvalue weighted by molar-refractivity contribution is 14.1. The second kappa shape index (κ2) is 7.22. The van der Waals surface area contributed by atoms with E-state index in [2.05, 4.69) is 38.5 Å². The molecule has 0 unspecified atom stereocenters. The van der Waals surface area contributed by atoms with E-state index in [1.165, 1.54) is 0 Å². The molecule has 0 heterocycles. The van der Waals surface area contributed by atoms with Gasteiger partial charge in [-0.05, 0) is 59.3 Å². The highest BCUT2D eigenvalue weighted by Crippen LogP contribution is 2.26. The zero-order chi connectivity index (χ0) is 14.5. The van der Waals surface area contributed by atoms with Gasteiger partial charge in [-0.3, -0.25) is 4.79 Å². The lowest BCUT2D eigenvalue weighted by Crippen LogP contribution is -2.07. The number of hydrogen-bond donors (Lipinski definition) is 0. The summed E-state index contributed by atoms with van der Waals surface area (Å²) in [5, 5.41) is 0. The van der Waals surface area contributed by atoms with Gasteiger partial charge in [-0.15, -0.1) is 0 Å². The lowest BCUT2D eigenvalue weighted by atomic mass is 10.0. The molecule has 0 radical (unpaired) electrons. The summed E-state index contributed by atoms with van der Waals surface area (Å²) in [5.74, 6) is 0.618. The molecule has 0 spiro atoms. The average molecular weight is 445 g/mol. The van der Waals surface area contributed by atoms with E-state index in [1.54, 1.807) is 6.07 Å². The van der Waals surface area contributed by atoms with Crippen molar-refractivity contribution in [3.8, 4) is 5.75 Å². The van der Waals surface area contributed by atoms with Crippen LogP contribution in [0.4, 0.5) is 0 Å². The minimum atomic E-state index is -0.0258. The van der Waals surface area contributed by atoms with Crippen LogP contribution in [0.1, 0.15) is 29.3 Å². The lowest BCUT2D eigenvalue weighted by Gasteiger charge is -2.11. The Labute approximate surface area is 140 Å². The molecule has 0 aliphatic rings. The van der Waals surface area contributed by atoms with Gasteiger partial charge in [-0.1, -0.05) is 35.0 Å². The van der Waals surface area contributed by atoms with E-state index in [0.717, 1.165) is 14.5 Å². The molecule has 0 aromatic heterocycles. The van der Waals surface area contributed by atoms with E-state index in [-0.39, 0.29) is 5.78 Å². The lowest BCUT2D eigenvalue weighted by molar-refractivity contribution is 0.103. The molecule has 0 saturated carbocycles. The first kappa shape index (κ1) is 15.5. The van der Waals surface area contributed by atoms with Gasteiger partial charge in [-0.25, -0.2) is 0 Å². The third-order valence-corrected chi connectivity index (χ3v) is 4.13. The van der Waals surface area contributed by atoms with Crippen molar-refractivity contribution in [1.82, 2.24) is 0 Å². The average Bonchev–Trinajstić information content (AvgIpc) is 2.47. The molecule has 4 heteroatoms. The first-order chi connectivity index (χ1) is 9.63. The fourth-order valence-corrected chi connectivity index (χ4v) is 2.73. The summed E-state index contributed by atoms with van der Waals surface area (Å²) in [6.45, 7) is 2.65. The van der Waals surface area contributed by atoms with Gasteiger partial charge in [0.15, 0.2) is 5.78 Å². The highest BCUT2D eigenvalue weighted by Gasteiger charge is 2.17. The van der Waals surface area contributed by atoms with Crippen LogP contribution < -0.4 is 4.74 Å². The molecule has 0 bridgehead atoms. The molecule has 20 heavy (non-hydrogen) atoms. The standard InChI is InChI=1S/C16H14BrIO2/c1-2-9-20-15-6-4-3-5-12(15)16(19)13-10-11(18)7-8-14(13)17/h3-8,10H,2,9H2,1H3. The maximum Gasteiger partial charge on any atom is 0.197 e. The molecule has 104 valence electrons. The maximum absolute atomic E-state index is 12.7. The third-order valence-electron chi connectivity index (χ3n) is 2.77. The van der Waals surface area contributed by atoms with Crippen molar-refractivity contribution in [2.75, 3.05) is 6.61 Å². The van der Waals surface area contributed by atoms with Crippen molar-refractivity contribution in [3.63, 3.8) is 0 Å². The molecule has 0 N–H and O–H groups in total. The van der Waals surface area contributed by atoms with Crippen LogP contribution in [0.15, 0.2) is 46.9 Å². The predicted molar refractivity (Wildman–Crippen MR) is 92.5 cm³/mol. The number of halogens is 2. The first-order valence-corrected chi connectivity index (χ1v) is 8.22. The summed E-state index contributed by atoms with van der Waals surface area (Å²) < 4.78 is 7.49. The molecule has 2 aromatic carbocycles. The van der Waals surface area contributed by atoms with E-state index in [9.17, 15) is 4.79 Å². The summed E-state index contributed by atoms with van der Waals surface area (Å²) in [6.07, 6.45) is 0.912. The van der Waals surface area contributed by atoms with Crippen LogP contribution in [0.3, 0.4) is 0 Å². The van der Waals surface area contributed by atoms with Crippen molar-refractivity contribution in [3.05, 3.63) is 61.6 Å². The van der Waals surface area contributed by atoms with Gasteiger partial charge in [0, 0.05) is 13.6 Å². The van der Waals surface area contributed by atoms with Crippen LogP contribution in [0.25, 0.3) is 0 Å². The number of rotatable bonds is 5. The van der Waals surface area contributed by atoms with Crippen molar-refractivity contribution in [2.45, 2.75) is 13.3 Å². The topological polar surface area (TPSA) is 26.3 Å². The van der Waals surface area contributed by atoms with Crippen LogP contribution in [-0.4, -0.2) is 12.4 Å². The van der Waals surface area contributed by atoms with Crippen LogP contribution in [0, 0.1) is 3.57 Å². The molecule has 0 fully saturated rings. The van der Waals surface area contributed by atoms with Gasteiger partial charge in [-0.2, -0.15) is 0 Å². The second-order valence-corrected chi connectivity index (χ2v) is 6.40. The molecule has 0 amide bonds. The van der Waals surface area contributed by atoms with E-state index < -0.39 is 0 Å². The minimum Gasteiger partial charge on any atom is -0.493 e. The van der Waals surface area contributed by atoms with Gasteiger partial charge in [0.1, 0.15) is 5.75 Å². The molecule has 2 rings (SSSR count). The molecule has 0 atom stereocenters. The number of benzene rings is 2. The minimum absolute atomic E-state index is 0.0258. The Bertz CT molecular complexity index is 626. The summed E-state index contributed by atoms with van der Waals surface area (Å²) >= 11 is 5.64. The van der Waals surface area contributed by atoms with E-state index in [1.807, 2.05) is 43.3 Å². The Morgan fingerprint density at radius 3 is 2.70 bits per heavy atom. The van der Waals surface area contributed by atoms with Crippen LogP contribution >= 0.6 is 38.5 Å². The van der Waals surface area contributed by atoms with Gasteiger partial charge in [0.05, 0.1) is 12.2 Å². The number of ether oxygens (including phenoxy) is 1. The van der Waals surface area contributed by atoms with Crippen molar-refractivity contribution >= 4 is 44.3 Å². The number of carbonyl (C=O) groups excluding carboxylic acids is 1. The van der Waals surface area contributed by atoms with Crippen molar-refractivity contribution < 1.29 is 9.53 Å². The van der Waals surface area contributed by atoms with Crippen molar-refractivity contribution in [2.24, 2.45) is 0 Å². The van der Waals surface area contributed by atoms with Crippen molar-refractivity contribution in [1.29, 1.82) is 0 Å². The quantitative estimate of drug-likeness (QED) is 0.475. The Kier molecular flexibility index (Phi) is 5.60. The van der Waals surface area contributed by atoms with E-state index in [0.29, 0.717) is 23.5 Å². The maximum atomic E-state index is 12.7. The van der Waals surface area contributed by atoms with Gasteiger partial charge in [0.2, 0.25) is 0 Å². The van der Waals surface area contributed by atoms with Gasteiger partial charge < -0.3 is 4.74 Å². The predicted octanol–water partition coefficient (Wildman–Crippen LogP) is 5.07. The SMILES string of the molecule is CCCOc1ccccc1C(=O)c1cc(I)ccc1Br. The molecular weight excluding hydrogens is 431 g/mol. The summed E-state index contributed by atoms with van der Waals surface area (Å²) in [5.41, 5.74) is 1.26. The Balaban J connectivity index is 2.40. The van der Waals surface area contributed by atoms with Crippen LogP contribution in [-0.2, 0) is 0 Å². The Morgan fingerprint density at radius 1 is 1.20 bits per heavy atom. The highest BCUT2D eigenvalue weighted by atomic mass is 127. The van der Waals surface area contributed by atoms with Crippen LogP contribution in [0.5, 0.6) is 5.75 Å². The largest absolute Gasteiger partial charge is 0.493 e. The molecule has 0 saturated heterocycles. The first-order valence-electron chi connectivity index (χ1n) is 6.35. The number of ketones is 1. The zero-order valence-electron chi connectivity index (χ0n) is 11.0. The smallest absolute Gasteiger partial charge is 0.197 e. The number of para-hydroxylation sites is 1. The van der Waals surface area contributed by atoms with Gasteiger partial charge >= 0.3 is 0 Å². The van der Waals surface area contributed by atoms with Gasteiger partial charge in [0.25, 0.3) is 0 Å². The monoisotopic (exact) mass is 444 g/mol. The second-order valence-electron chi connectivity index (χ2n) is 4.30. The molecular formula is C16H14BrIO2. The third kappa shape index (κ3) is 3.61.